The maximum absolute atomic E-state index is 12.3. The van der Waals surface area contributed by atoms with Gasteiger partial charge in [0.2, 0.25) is 11.8 Å². The Hall–Kier alpha value is -2.33. The molecule has 4 nitrogen and oxygen atoms in total. The molecule has 27 heavy (non-hydrogen) atoms. The molecule has 2 amide bonds. The van der Waals surface area contributed by atoms with Crippen LogP contribution in [0.2, 0.25) is 5.02 Å². The van der Waals surface area contributed by atoms with E-state index in [0.717, 1.165) is 24.0 Å². The average molecular weight is 385 g/mol. The van der Waals surface area contributed by atoms with Crippen LogP contribution in [0.3, 0.4) is 0 Å². The summed E-state index contributed by atoms with van der Waals surface area (Å²) in [5.41, 5.74) is 3.39. The second kappa shape index (κ2) is 9.05. The fourth-order valence-electron chi connectivity index (χ4n) is 3.44. The van der Waals surface area contributed by atoms with Crippen LogP contribution in [-0.2, 0) is 22.6 Å². The summed E-state index contributed by atoms with van der Waals surface area (Å²) in [6, 6.07) is 15.8. The molecule has 1 unspecified atom stereocenters. The molecule has 0 saturated carbocycles. The Bertz CT molecular complexity index is 804. The maximum Gasteiger partial charge on any atom is 0.223 e. The van der Waals surface area contributed by atoms with Gasteiger partial charge in [0, 0.05) is 37.0 Å². The standard InChI is InChI=1S/C22H25ClN2O2/c1-16-5-7-18(8-6-16)15-25-20(9-10-22(25)27)14-21(26)24-12-11-17-3-2-4-19(23)13-17/h2-8,13,20H,9-12,14-15H2,1H3,(H,24,26). The fourth-order valence-corrected chi connectivity index (χ4v) is 3.65. The second-order valence-corrected chi connectivity index (χ2v) is 7.57. The highest BCUT2D eigenvalue weighted by Crippen LogP contribution is 2.24. The summed E-state index contributed by atoms with van der Waals surface area (Å²) in [6.07, 6.45) is 2.36. The Kier molecular flexibility index (Phi) is 6.51. The van der Waals surface area contributed by atoms with Gasteiger partial charge in [0.15, 0.2) is 0 Å². The van der Waals surface area contributed by atoms with E-state index < -0.39 is 0 Å². The normalized spacial score (nSPS) is 16.6. The molecule has 0 spiro atoms. The topological polar surface area (TPSA) is 49.4 Å². The first-order valence-electron chi connectivity index (χ1n) is 9.37. The number of nitrogens with one attached hydrogen (secondary N) is 1. The zero-order chi connectivity index (χ0) is 19.2. The molecule has 1 aliphatic rings. The van der Waals surface area contributed by atoms with Gasteiger partial charge in [0.1, 0.15) is 0 Å². The van der Waals surface area contributed by atoms with Crippen molar-refractivity contribution in [1.29, 1.82) is 0 Å². The van der Waals surface area contributed by atoms with Crippen LogP contribution >= 0.6 is 11.6 Å². The third-order valence-electron chi connectivity index (χ3n) is 4.97. The Morgan fingerprint density at radius 2 is 1.96 bits per heavy atom. The Labute approximate surface area is 165 Å². The van der Waals surface area contributed by atoms with Crippen molar-refractivity contribution in [3.05, 3.63) is 70.2 Å². The van der Waals surface area contributed by atoms with Crippen molar-refractivity contribution in [2.75, 3.05) is 6.54 Å². The smallest absolute Gasteiger partial charge is 0.223 e. The highest BCUT2D eigenvalue weighted by molar-refractivity contribution is 6.30. The lowest BCUT2D eigenvalue weighted by Gasteiger charge is -2.24. The number of hydrogen-bond donors (Lipinski definition) is 1. The SMILES string of the molecule is Cc1ccc(CN2C(=O)CCC2CC(=O)NCCc2cccc(Cl)c2)cc1. The fraction of sp³-hybridized carbons (Fsp3) is 0.364. The van der Waals surface area contributed by atoms with Gasteiger partial charge in [-0.3, -0.25) is 9.59 Å². The minimum absolute atomic E-state index is 0.00867. The third kappa shape index (κ3) is 5.57. The molecule has 5 heteroatoms. The molecule has 0 aliphatic carbocycles. The molecule has 3 rings (SSSR count). The monoisotopic (exact) mass is 384 g/mol. The lowest BCUT2D eigenvalue weighted by molar-refractivity contribution is -0.130. The predicted octanol–water partition coefficient (Wildman–Crippen LogP) is 3.89. The maximum atomic E-state index is 12.3. The molecule has 1 fully saturated rings. The van der Waals surface area contributed by atoms with Crippen LogP contribution < -0.4 is 5.32 Å². The molecule has 1 atom stereocenters. The third-order valence-corrected chi connectivity index (χ3v) is 5.21. The van der Waals surface area contributed by atoms with Crippen LogP contribution in [0.1, 0.15) is 36.0 Å². The molecular weight excluding hydrogens is 360 g/mol. The number of rotatable bonds is 7. The van der Waals surface area contributed by atoms with Gasteiger partial charge >= 0.3 is 0 Å². The Balaban J connectivity index is 1.49. The predicted molar refractivity (Wildman–Crippen MR) is 108 cm³/mol. The van der Waals surface area contributed by atoms with E-state index in [1.165, 1.54) is 5.56 Å². The van der Waals surface area contributed by atoms with E-state index in [9.17, 15) is 9.59 Å². The van der Waals surface area contributed by atoms with E-state index in [1.54, 1.807) is 0 Å². The van der Waals surface area contributed by atoms with Gasteiger partial charge in [-0.05, 0) is 43.0 Å². The molecule has 0 aromatic heterocycles. The first kappa shape index (κ1) is 19.4. The van der Waals surface area contributed by atoms with Gasteiger partial charge in [0.05, 0.1) is 0 Å². The molecule has 1 heterocycles. The first-order chi connectivity index (χ1) is 13.0. The van der Waals surface area contributed by atoms with Crippen LogP contribution in [0.25, 0.3) is 0 Å². The summed E-state index contributed by atoms with van der Waals surface area (Å²) in [5, 5.41) is 3.67. The highest BCUT2D eigenvalue weighted by atomic mass is 35.5. The number of carbonyl (C=O) groups excluding carboxylic acids is 2. The summed E-state index contributed by atoms with van der Waals surface area (Å²) in [7, 11) is 0. The van der Waals surface area contributed by atoms with Crippen molar-refractivity contribution in [1.82, 2.24) is 10.2 Å². The largest absolute Gasteiger partial charge is 0.356 e. The number of amides is 2. The summed E-state index contributed by atoms with van der Waals surface area (Å²) >= 11 is 5.98. The van der Waals surface area contributed by atoms with Crippen molar-refractivity contribution in [3.63, 3.8) is 0 Å². The van der Waals surface area contributed by atoms with Crippen molar-refractivity contribution < 1.29 is 9.59 Å². The molecule has 142 valence electrons. The summed E-state index contributed by atoms with van der Waals surface area (Å²) < 4.78 is 0. The van der Waals surface area contributed by atoms with Gasteiger partial charge in [0.25, 0.3) is 0 Å². The lowest BCUT2D eigenvalue weighted by atomic mass is 10.1. The van der Waals surface area contributed by atoms with Crippen molar-refractivity contribution in [2.45, 2.75) is 45.2 Å². The summed E-state index contributed by atoms with van der Waals surface area (Å²) in [4.78, 5) is 26.4. The van der Waals surface area contributed by atoms with E-state index in [1.807, 2.05) is 60.4 Å². The summed E-state index contributed by atoms with van der Waals surface area (Å²) in [5.74, 6) is 0.123. The molecule has 1 saturated heterocycles. The minimum atomic E-state index is -0.0232. The number of halogens is 1. The number of likely N-dealkylation sites (tertiary alicyclic amines) is 1. The van der Waals surface area contributed by atoms with Crippen LogP contribution in [0.15, 0.2) is 48.5 Å². The van der Waals surface area contributed by atoms with Crippen molar-refractivity contribution in [3.8, 4) is 0 Å². The van der Waals surface area contributed by atoms with Gasteiger partial charge in [-0.1, -0.05) is 53.6 Å². The quantitative estimate of drug-likeness (QED) is 0.787. The number of carbonyl (C=O) groups is 2. The molecular formula is C22H25ClN2O2. The van der Waals surface area contributed by atoms with Crippen molar-refractivity contribution >= 4 is 23.4 Å². The zero-order valence-electron chi connectivity index (χ0n) is 15.6. The number of benzene rings is 2. The van der Waals surface area contributed by atoms with Crippen LogP contribution in [0, 0.1) is 6.92 Å². The molecule has 2 aromatic rings. The number of nitrogens with zero attached hydrogens (tertiary/aromatic N) is 1. The zero-order valence-corrected chi connectivity index (χ0v) is 16.3. The van der Waals surface area contributed by atoms with Gasteiger partial charge in [-0.15, -0.1) is 0 Å². The number of hydrogen-bond acceptors (Lipinski definition) is 2. The van der Waals surface area contributed by atoms with Crippen LogP contribution in [0.4, 0.5) is 0 Å². The molecule has 2 aromatic carbocycles. The Morgan fingerprint density at radius 3 is 2.70 bits per heavy atom. The Morgan fingerprint density at radius 1 is 1.19 bits per heavy atom. The van der Waals surface area contributed by atoms with Crippen molar-refractivity contribution in [2.24, 2.45) is 0 Å². The average Bonchev–Trinajstić information content (AvgIpc) is 2.97. The van der Waals surface area contributed by atoms with Gasteiger partial charge in [-0.2, -0.15) is 0 Å². The second-order valence-electron chi connectivity index (χ2n) is 7.13. The van der Waals surface area contributed by atoms with Crippen LogP contribution in [-0.4, -0.2) is 29.3 Å². The highest BCUT2D eigenvalue weighted by Gasteiger charge is 2.32. The van der Waals surface area contributed by atoms with Gasteiger partial charge in [-0.25, -0.2) is 0 Å². The molecule has 0 radical (unpaired) electrons. The number of aryl methyl sites for hydroxylation is 1. The van der Waals surface area contributed by atoms with E-state index >= 15 is 0 Å². The molecule has 1 aliphatic heterocycles. The van der Waals surface area contributed by atoms with Crippen LogP contribution in [0.5, 0.6) is 0 Å². The van der Waals surface area contributed by atoms with Gasteiger partial charge < -0.3 is 10.2 Å². The van der Waals surface area contributed by atoms with E-state index in [4.69, 9.17) is 11.6 Å². The van der Waals surface area contributed by atoms with E-state index in [-0.39, 0.29) is 17.9 Å². The first-order valence-corrected chi connectivity index (χ1v) is 9.75. The lowest BCUT2D eigenvalue weighted by Crippen LogP contribution is -2.37. The van der Waals surface area contributed by atoms with E-state index in [0.29, 0.717) is 31.0 Å². The minimum Gasteiger partial charge on any atom is -0.356 e. The van der Waals surface area contributed by atoms with E-state index in [2.05, 4.69) is 5.32 Å². The molecule has 0 bridgehead atoms. The molecule has 1 N–H and O–H groups in total. The summed E-state index contributed by atoms with van der Waals surface area (Å²) in [6.45, 7) is 3.18.